The summed E-state index contributed by atoms with van der Waals surface area (Å²) in [5, 5.41) is 10.5. The standard InChI is InChI=1S/C25H30N2OS3/c1-2-3-9-22-24(30-31-25(22)29)20-10-11-23(28)21(16-20)18-27-14-12-26(13-15-27)17-19-7-5-4-6-8-19/h4-8,10-11,16,28H,2-3,9,12-15,17-18H2,1H3. The molecular formula is C25H30N2OS3. The number of benzene rings is 2. The first kappa shape index (κ1) is 22.6. The van der Waals surface area contributed by atoms with Gasteiger partial charge in [0, 0.05) is 44.8 Å². The first-order valence-electron chi connectivity index (χ1n) is 11.1. The van der Waals surface area contributed by atoms with Crippen molar-refractivity contribution in [1.82, 2.24) is 9.80 Å². The maximum absolute atomic E-state index is 10.5. The van der Waals surface area contributed by atoms with Crippen molar-refractivity contribution in [2.45, 2.75) is 39.3 Å². The molecule has 0 saturated carbocycles. The van der Waals surface area contributed by atoms with E-state index in [-0.39, 0.29) is 0 Å². The van der Waals surface area contributed by atoms with Crippen LogP contribution in [-0.2, 0) is 19.5 Å². The van der Waals surface area contributed by atoms with Gasteiger partial charge in [0.05, 0.1) is 4.88 Å². The predicted molar refractivity (Wildman–Crippen MR) is 136 cm³/mol. The molecular weight excluding hydrogens is 440 g/mol. The quantitative estimate of drug-likeness (QED) is 0.297. The molecule has 1 aromatic heterocycles. The topological polar surface area (TPSA) is 26.7 Å². The third kappa shape index (κ3) is 5.82. The minimum atomic E-state index is 0.393. The number of unbranched alkanes of at least 4 members (excludes halogenated alkanes) is 1. The van der Waals surface area contributed by atoms with Crippen LogP contribution in [0.2, 0.25) is 0 Å². The summed E-state index contributed by atoms with van der Waals surface area (Å²) in [6.45, 7) is 8.19. The van der Waals surface area contributed by atoms with Crippen LogP contribution in [0.5, 0.6) is 5.75 Å². The molecule has 2 aromatic carbocycles. The number of nitrogens with zero attached hydrogens (tertiary/aromatic N) is 2. The van der Waals surface area contributed by atoms with Crippen molar-refractivity contribution in [3.63, 3.8) is 0 Å². The lowest BCUT2D eigenvalue weighted by Crippen LogP contribution is -2.45. The van der Waals surface area contributed by atoms with E-state index in [1.165, 1.54) is 28.0 Å². The summed E-state index contributed by atoms with van der Waals surface area (Å²) in [7, 11) is 3.48. The van der Waals surface area contributed by atoms with E-state index in [1.54, 1.807) is 20.7 Å². The fourth-order valence-corrected chi connectivity index (χ4v) is 7.11. The molecule has 3 nitrogen and oxygen atoms in total. The maximum Gasteiger partial charge on any atom is 0.120 e. The Labute approximate surface area is 198 Å². The maximum atomic E-state index is 10.5. The van der Waals surface area contributed by atoms with Crippen molar-refractivity contribution < 1.29 is 5.11 Å². The second kappa shape index (κ2) is 10.8. The van der Waals surface area contributed by atoms with Gasteiger partial charge in [-0.05, 0) is 47.7 Å². The summed E-state index contributed by atoms with van der Waals surface area (Å²) in [5.41, 5.74) is 4.90. The second-order valence-corrected chi connectivity index (χ2v) is 11.1. The lowest BCUT2D eigenvalue weighted by atomic mass is 10.0. The summed E-state index contributed by atoms with van der Waals surface area (Å²) >= 11 is 5.60. The summed E-state index contributed by atoms with van der Waals surface area (Å²) < 4.78 is 1.03. The Bertz CT molecular complexity index is 1040. The number of hydrogen-bond donors (Lipinski definition) is 1. The summed E-state index contributed by atoms with van der Waals surface area (Å²) in [5.74, 6) is 0.393. The Morgan fingerprint density at radius 2 is 1.65 bits per heavy atom. The molecule has 2 heterocycles. The number of phenolic OH excluding ortho intramolecular Hbond substituents is 1. The van der Waals surface area contributed by atoms with Gasteiger partial charge in [0.25, 0.3) is 0 Å². The van der Waals surface area contributed by atoms with Crippen molar-refractivity contribution in [2.24, 2.45) is 0 Å². The van der Waals surface area contributed by atoms with E-state index in [1.807, 2.05) is 12.1 Å². The second-order valence-electron chi connectivity index (χ2n) is 8.25. The molecule has 0 radical (unpaired) electrons. The van der Waals surface area contributed by atoms with Crippen molar-refractivity contribution >= 4 is 32.9 Å². The number of piperazine rings is 1. The molecule has 6 heteroatoms. The molecule has 0 unspecified atom stereocenters. The van der Waals surface area contributed by atoms with E-state index in [4.69, 9.17) is 12.2 Å². The van der Waals surface area contributed by atoms with Gasteiger partial charge in [-0.3, -0.25) is 9.80 Å². The van der Waals surface area contributed by atoms with E-state index in [0.717, 1.165) is 61.5 Å². The highest BCUT2D eigenvalue weighted by Gasteiger charge is 2.19. The third-order valence-corrected chi connectivity index (χ3v) is 9.14. The highest BCUT2D eigenvalue weighted by molar-refractivity contribution is 7.80. The third-order valence-electron chi connectivity index (χ3n) is 5.95. The Morgan fingerprint density at radius 1 is 0.935 bits per heavy atom. The molecule has 4 rings (SSSR count). The normalized spacial score (nSPS) is 15.4. The van der Waals surface area contributed by atoms with Crippen molar-refractivity contribution in [3.8, 4) is 16.2 Å². The molecule has 164 valence electrons. The molecule has 0 amide bonds. The number of rotatable bonds is 8. The molecule has 0 aliphatic carbocycles. The average Bonchev–Trinajstić information content (AvgIpc) is 3.16. The number of phenols is 1. The van der Waals surface area contributed by atoms with E-state index in [9.17, 15) is 5.11 Å². The van der Waals surface area contributed by atoms with Crippen LogP contribution in [0.4, 0.5) is 0 Å². The lowest BCUT2D eigenvalue weighted by molar-refractivity contribution is 0.121. The zero-order valence-electron chi connectivity index (χ0n) is 18.0. The van der Waals surface area contributed by atoms with Gasteiger partial charge >= 0.3 is 0 Å². The highest BCUT2D eigenvalue weighted by atomic mass is 32.9. The summed E-state index contributed by atoms with van der Waals surface area (Å²) in [4.78, 5) is 6.26. The van der Waals surface area contributed by atoms with Gasteiger partial charge in [0.1, 0.15) is 9.57 Å². The van der Waals surface area contributed by atoms with Gasteiger partial charge in [0.2, 0.25) is 0 Å². The molecule has 0 spiro atoms. The number of hydrogen-bond acceptors (Lipinski definition) is 6. The largest absolute Gasteiger partial charge is 0.508 e. The van der Waals surface area contributed by atoms with E-state index in [2.05, 4.69) is 53.1 Å². The molecule has 1 saturated heterocycles. The van der Waals surface area contributed by atoms with Gasteiger partial charge in [-0.2, -0.15) is 0 Å². The van der Waals surface area contributed by atoms with Gasteiger partial charge in [-0.25, -0.2) is 0 Å². The van der Waals surface area contributed by atoms with Gasteiger partial charge in [-0.15, -0.1) is 0 Å². The van der Waals surface area contributed by atoms with Crippen molar-refractivity contribution in [3.05, 3.63) is 69.0 Å². The zero-order chi connectivity index (χ0) is 21.6. The van der Waals surface area contributed by atoms with Crippen LogP contribution in [0.25, 0.3) is 10.4 Å². The molecule has 1 fully saturated rings. The van der Waals surface area contributed by atoms with Crippen molar-refractivity contribution in [2.75, 3.05) is 26.2 Å². The Morgan fingerprint density at radius 3 is 2.35 bits per heavy atom. The molecule has 1 N–H and O–H groups in total. The lowest BCUT2D eigenvalue weighted by Gasteiger charge is -2.34. The average molecular weight is 471 g/mol. The molecule has 1 aliphatic rings. The van der Waals surface area contributed by atoms with Crippen LogP contribution in [0.15, 0.2) is 48.5 Å². The van der Waals surface area contributed by atoms with Crippen LogP contribution in [-0.4, -0.2) is 41.1 Å². The first-order chi connectivity index (χ1) is 15.1. The Hall–Kier alpha value is -1.57. The highest BCUT2D eigenvalue weighted by Crippen LogP contribution is 2.37. The van der Waals surface area contributed by atoms with Crippen LogP contribution < -0.4 is 0 Å². The summed E-state index contributed by atoms with van der Waals surface area (Å²) in [6.07, 6.45) is 3.38. The molecule has 1 aliphatic heterocycles. The Kier molecular flexibility index (Phi) is 7.91. The van der Waals surface area contributed by atoms with E-state index in [0.29, 0.717) is 5.75 Å². The first-order valence-corrected chi connectivity index (χ1v) is 13.6. The molecule has 31 heavy (non-hydrogen) atoms. The molecule has 0 bridgehead atoms. The monoisotopic (exact) mass is 470 g/mol. The van der Waals surface area contributed by atoms with Gasteiger partial charge in [-0.1, -0.05) is 76.6 Å². The Balaban J connectivity index is 1.41. The fourth-order valence-electron chi connectivity index (χ4n) is 4.11. The van der Waals surface area contributed by atoms with Crippen molar-refractivity contribution in [1.29, 1.82) is 0 Å². The van der Waals surface area contributed by atoms with Gasteiger partial charge in [0.15, 0.2) is 0 Å². The molecule has 0 atom stereocenters. The van der Waals surface area contributed by atoms with Crippen LogP contribution >= 0.6 is 32.9 Å². The fraction of sp³-hybridized carbons (Fsp3) is 0.400. The predicted octanol–water partition coefficient (Wildman–Crippen LogP) is 6.57. The van der Waals surface area contributed by atoms with Crippen LogP contribution in [0.1, 0.15) is 36.5 Å². The molecule has 3 aromatic rings. The SMILES string of the molecule is CCCCc1c(-c2ccc(O)c(CN3CCN(Cc4ccccc4)CC3)c2)ssc1=S. The smallest absolute Gasteiger partial charge is 0.120 e. The minimum Gasteiger partial charge on any atom is -0.508 e. The minimum absolute atomic E-state index is 0.393. The van der Waals surface area contributed by atoms with Crippen LogP contribution in [0, 0.1) is 3.82 Å². The van der Waals surface area contributed by atoms with E-state index >= 15 is 0 Å². The summed E-state index contributed by atoms with van der Waals surface area (Å²) in [6, 6.07) is 16.8. The zero-order valence-corrected chi connectivity index (χ0v) is 20.5. The van der Waals surface area contributed by atoms with E-state index < -0.39 is 0 Å². The number of aromatic hydroxyl groups is 1. The van der Waals surface area contributed by atoms with Crippen LogP contribution in [0.3, 0.4) is 0 Å². The van der Waals surface area contributed by atoms with Gasteiger partial charge < -0.3 is 5.11 Å².